The van der Waals surface area contributed by atoms with Gasteiger partial charge in [0.2, 0.25) is 5.95 Å². The van der Waals surface area contributed by atoms with Gasteiger partial charge in [0.15, 0.2) is 0 Å². The van der Waals surface area contributed by atoms with Crippen LogP contribution in [-0.2, 0) is 0 Å². The molecule has 1 N–H and O–H groups in total. The van der Waals surface area contributed by atoms with E-state index in [1.807, 2.05) is 35.2 Å². The summed E-state index contributed by atoms with van der Waals surface area (Å²) in [5.74, 6) is 0.464. The number of anilines is 2. The highest BCUT2D eigenvalue weighted by Crippen LogP contribution is 2.23. The van der Waals surface area contributed by atoms with Gasteiger partial charge >= 0.3 is 0 Å². The van der Waals surface area contributed by atoms with Crippen molar-refractivity contribution in [2.24, 2.45) is 0 Å². The lowest BCUT2D eigenvalue weighted by molar-refractivity contribution is 0.0723. The average Bonchev–Trinajstić information content (AvgIpc) is 2.69. The molecule has 0 saturated carbocycles. The van der Waals surface area contributed by atoms with Crippen molar-refractivity contribution in [1.29, 1.82) is 0 Å². The summed E-state index contributed by atoms with van der Waals surface area (Å²) in [6.45, 7) is 1.64. The second-order valence-electron chi connectivity index (χ2n) is 6.15. The average molecular weight is 333 g/mol. The zero-order valence-corrected chi connectivity index (χ0v) is 13.9. The van der Waals surface area contributed by atoms with Crippen LogP contribution in [0.3, 0.4) is 0 Å². The maximum Gasteiger partial charge on any atom is 0.256 e. The minimum atomic E-state index is 0.0121. The maximum absolute atomic E-state index is 12.5. The molecule has 6 heteroatoms. The maximum atomic E-state index is 12.5. The molecular weight excluding hydrogens is 314 g/mol. The van der Waals surface area contributed by atoms with Gasteiger partial charge in [-0.15, -0.1) is 0 Å². The van der Waals surface area contributed by atoms with E-state index in [1.165, 1.54) is 6.42 Å². The van der Waals surface area contributed by atoms with E-state index in [2.05, 4.69) is 20.3 Å². The standard InChI is InChI=1S/C19H19N5O/c25-18(24-10-2-1-3-11-24)15-12-21-19(22-13-15)23-16-8-4-6-14-7-5-9-20-17(14)16/h4-9,12-13H,1-3,10-11H2,(H,21,22,23). The lowest BCUT2D eigenvalue weighted by Crippen LogP contribution is -2.35. The summed E-state index contributed by atoms with van der Waals surface area (Å²) in [5, 5.41) is 4.23. The Bertz CT molecular complexity index is 882. The molecule has 1 aliphatic rings. The van der Waals surface area contributed by atoms with Gasteiger partial charge in [-0.3, -0.25) is 9.78 Å². The van der Waals surface area contributed by atoms with Crippen molar-refractivity contribution < 1.29 is 4.79 Å². The van der Waals surface area contributed by atoms with Gasteiger partial charge in [0, 0.05) is 37.1 Å². The molecule has 3 aromatic rings. The Labute approximate surface area is 145 Å². The Hall–Kier alpha value is -3.02. The van der Waals surface area contributed by atoms with Crippen LogP contribution in [-0.4, -0.2) is 38.8 Å². The molecule has 1 fully saturated rings. The Kier molecular flexibility index (Phi) is 4.24. The van der Waals surface area contributed by atoms with Crippen LogP contribution in [0.5, 0.6) is 0 Å². The second kappa shape index (κ2) is 6.84. The van der Waals surface area contributed by atoms with E-state index in [0.717, 1.165) is 42.5 Å². The number of hydrogen-bond acceptors (Lipinski definition) is 5. The van der Waals surface area contributed by atoms with E-state index in [-0.39, 0.29) is 5.91 Å². The van der Waals surface area contributed by atoms with Crippen LogP contribution in [0.1, 0.15) is 29.6 Å². The van der Waals surface area contributed by atoms with Crippen LogP contribution in [0.4, 0.5) is 11.6 Å². The molecule has 0 spiro atoms. The van der Waals surface area contributed by atoms with Gasteiger partial charge in [-0.05, 0) is 31.4 Å². The van der Waals surface area contributed by atoms with Crippen LogP contribution in [0, 0.1) is 0 Å². The van der Waals surface area contributed by atoms with Crippen molar-refractivity contribution in [3.63, 3.8) is 0 Å². The van der Waals surface area contributed by atoms with Crippen molar-refractivity contribution in [2.45, 2.75) is 19.3 Å². The zero-order valence-electron chi connectivity index (χ0n) is 13.9. The number of hydrogen-bond donors (Lipinski definition) is 1. The van der Waals surface area contributed by atoms with Crippen molar-refractivity contribution in [3.8, 4) is 0 Å². The van der Waals surface area contributed by atoms with Crippen LogP contribution in [0.15, 0.2) is 48.9 Å². The van der Waals surface area contributed by atoms with Crippen LogP contribution in [0.2, 0.25) is 0 Å². The van der Waals surface area contributed by atoms with E-state index in [4.69, 9.17) is 0 Å². The number of fused-ring (bicyclic) bond motifs is 1. The number of nitrogens with one attached hydrogen (secondary N) is 1. The number of nitrogens with zero attached hydrogens (tertiary/aromatic N) is 4. The second-order valence-corrected chi connectivity index (χ2v) is 6.15. The molecule has 0 atom stereocenters. The molecule has 1 amide bonds. The molecule has 1 aromatic carbocycles. The van der Waals surface area contributed by atoms with Gasteiger partial charge in [0.05, 0.1) is 16.8 Å². The third-order valence-electron chi connectivity index (χ3n) is 4.42. The van der Waals surface area contributed by atoms with E-state index in [9.17, 15) is 4.79 Å². The molecule has 126 valence electrons. The minimum absolute atomic E-state index is 0.0121. The van der Waals surface area contributed by atoms with Gasteiger partial charge in [0.1, 0.15) is 0 Å². The number of carbonyl (C=O) groups is 1. The minimum Gasteiger partial charge on any atom is -0.339 e. The molecule has 25 heavy (non-hydrogen) atoms. The molecule has 0 unspecified atom stereocenters. The number of piperidine rings is 1. The number of pyridine rings is 1. The Morgan fingerprint density at radius 2 is 1.72 bits per heavy atom. The highest BCUT2D eigenvalue weighted by atomic mass is 16.2. The summed E-state index contributed by atoms with van der Waals surface area (Å²) in [5.41, 5.74) is 2.23. The lowest BCUT2D eigenvalue weighted by atomic mass is 10.1. The summed E-state index contributed by atoms with van der Waals surface area (Å²) < 4.78 is 0. The summed E-state index contributed by atoms with van der Waals surface area (Å²) in [7, 11) is 0. The third-order valence-corrected chi connectivity index (χ3v) is 4.42. The zero-order chi connectivity index (χ0) is 17.1. The van der Waals surface area contributed by atoms with Crippen molar-refractivity contribution in [2.75, 3.05) is 18.4 Å². The first-order valence-corrected chi connectivity index (χ1v) is 8.53. The molecule has 0 aliphatic carbocycles. The normalized spacial score (nSPS) is 14.5. The molecule has 0 radical (unpaired) electrons. The van der Waals surface area contributed by atoms with Gasteiger partial charge in [-0.1, -0.05) is 18.2 Å². The van der Waals surface area contributed by atoms with Crippen molar-refractivity contribution in [1.82, 2.24) is 19.9 Å². The van der Waals surface area contributed by atoms with E-state index in [0.29, 0.717) is 11.5 Å². The van der Waals surface area contributed by atoms with Gasteiger partial charge < -0.3 is 10.2 Å². The van der Waals surface area contributed by atoms with E-state index >= 15 is 0 Å². The Balaban J connectivity index is 1.53. The fraction of sp³-hybridized carbons (Fsp3) is 0.263. The van der Waals surface area contributed by atoms with E-state index < -0.39 is 0 Å². The largest absolute Gasteiger partial charge is 0.339 e. The predicted molar refractivity (Wildman–Crippen MR) is 96.8 cm³/mol. The number of amides is 1. The summed E-state index contributed by atoms with van der Waals surface area (Å²) in [6.07, 6.45) is 8.27. The topological polar surface area (TPSA) is 71.0 Å². The van der Waals surface area contributed by atoms with Crippen LogP contribution >= 0.6 is 0 Å². The highest BCUT2D eigenvalue weighted by molar-refractivity contribution is 5.94. The Morgan fingerprint density at radius 1 is 0.960 bits per heavy atom. The molecule has 2 aromatic heterocycles. The smallest absolute Gasteiger partial charge is 0.256 e. The first kappa shape index (κ1) is 15.5. The lowest BCUT2D eigenvalue weighted by Gasteiger charge is -2.26. The monoisotopic (exact) mass is 333 g/mol. The fourth-order valence-corrected chi connectivity index (χ4v) is 3.11. The van der Waals surface area contributed by atoms with Gasteiger partial charge in [0.25, 0.3) is 5.91 Å². The van der Waals surface area contributed by atoms with Crippen LogP contribution < -0.4 is 5.32 Å². The number of benzene rings is 1. The summed E-state index contributed by atoms with van der Waals surface area (Å²) in [4.78, 5) is 27.3. The predicted octanol–water partition coefficient (Wildman–Crippen LogP) is 3.39. The molecule has 6 nitrogen and oxygen atoms in total. The van der Waals surface area contributed by atoms with Crippen LogP contribution in [0.25, 0.3) is 10.9 Å². The number of para-hydroxylation sites is 1. The third kappa shape index (κ3) is 3.28. The number of aromatic nitrogens is 3. The number of likely N-dealkylation sites (tertiary alicyclic amines) is 1. The van der Waals surface area contributed by atoms with Gasteiger partial charge in [-0.2, -0.15) is 0 Å². The first-order valence-electron chi connectivity index (χ1n) is 8.53. The highest BCUT2D eigenvalue weighted by Gasteiger charge is 2.18. The number of carbonyl (C=O) groups excluding carboxylic acids is 1. The summed E-state index contributed by atoms with van der Waals surface area (Å²) in [6, 6.07) is 9.82. The molecule has 0 bridgehead atoms. The molecule has 1 saturated heterocycles. The first-order chi connectivity index (χ1) is 12.3. The SMILES string of the molecule is O=C(c1cnc(Nc2cccc3cccnc23)nc1)N1CCCCC1. The van der Waals surface area contributed by atoms with E-state index in [1.54, 1.807) is 18.6 Å². The number of rotatable bonds is 3. The Morgan fingerprint density at radius 3 is 2.52 bits per heavy atom. The van der Waals surface area contributed by atoms with Crippen molar-refractivity contribution >= 4 is 28.4 Å². The quantitative estimate of drug-likeness (QED) is 0.795. The molecule has 4 rings (SSSR count). The summed E-state index contributed by atoms with van der Waals surface area (Å²) >= 11 is 0. The van der Waals surface area contributed by atoms with Crippen molar-refractivity contribution in [3.05, 3.63) is 54.5 Å². The molecular formula is C19H19N5O. The molecule has 1 aliphatic heterocycles. The van der Waals surface area contributed by atoms with Gasteiger partial charge in [-0.25, -0.2) is 9.97 Å². The molecule has 3 heterocycles. The fourth-order valence-electron chi connectivity index (χ4n) is 3.11.